The van der Waals surface area contributed by atoms with Crippen LogP contribution in [0.4, 0.5) is 0 Å². The fourth-order valence-corrected chi connectivity index (χ4v) is 3.40. The predicted octanol–water partition coefficient (Wildman–Crippen LogP) is 1.61. The van der Waals surface area contributed by atoms with Gasteiger partial charge in [-0.2, -0.15) is 0 Å². The molecule has 1 atom stereocenters. The highest BCUT2D eigenvalue weighted by molar-refractivity contribution is 6.21. The molecule has 1 N–H and O–H groups in total. The van der Waals surface area contributed by atoms with Crippen LogP contribution in [0.2, 0.25) is 0 Å². The minimum absolute atomic E-state index is 0.227. The summed E-state index contributed by atoms with van der Waals surface area (Å²) in [5.41, 5.74) is 0.950. The van der Waals surface area contributed by atoms with Gasteiger partial charge in [-0.15, -0.1) is 0 Å². The molecule has 3 rings (SSSR count). The molecule has 0 radical (unpaired) electrons. The van der Waals surface area contributed by atoms with E-state index in [0.29, 0.717) is 37.1 Å². The molecule has 6 heteroatoms. The zero-order valence-corrected chi connectivity index (χ0v) is 12.9. The van der Waals surface area contributed by atoms with Crippen LogP contribution in [0.15, 0.2) is 24.3 Å². The molecule has 122 valence electrons. The van der Waals surface area contributed by atoms with E-state index in [2.05, 4.69) is 0 Å². The number of aliphatic carboxylic acids is 1. The van der Waals surface area contributed by atoms with E-state index in [1.165, 1.54) is 4.90 Å². The summed E-state index contributed by atoms with van der Waals surface area (Å²) < 4.78 is 0. The van der Waals surface area contributed by atoms with Gasteiger partial charge in [-0.3, -0.25) is 24.2 Å². The summed E-state index contributed by atoms with van der Waals surface area (Å²) in [4.78, 5) is 38.8. The Hall–Kier alpha value is -2.21. The molecule has 1 fully saturated rings. The molecule has 2 aliphatic heterocycles. The highest BCUT2D eigenvalue weighted by Crippen LogP contribution is 2.23. The second-order valence-corrected chi connectivity index (χ2v) is 6.05. The number of carbonyl (C=O) groups is 3. The van der Waals surface area contributed by atoms with Crippen molar-refractivity contribution >= 4 is 17.8 Å². The van der Waals surface area contributed by atoms with Crippen LogP contribution >= 0.6 is 0 Å². The molecule has 0 unspecified atom stereocenters. The third-order valence-corrected chi connectivity index (χ3v) is 4.60. The summed E-state index contributed by atoms with van der Waals surface area (Å²) in [5.74, 6) is -1.21. The molecule has 0 aliphatic carbocycles. The quantitative estimate of drug-likeness (QED) is 0.637. The number of hydrogen-bond donors (Lipinski definition) is 1. The number of unbranched alkanes of at least 4 members (excludes halogenated alkanes) is 1. The largest absolute Gasteiger partial charge is 0.480 e. The molecule has 2 amide bonds. The first-order valence-electron chi connectivity index (χ1n) is 8.01. The minimum atomic E-state index is -0.761. The van der Waals surface area contributed by atoms with Crippen LogP contribution in [0.5, 0.6) is 0 Å². The molecule has 6 nitrogen and oxygen atoms in total. The number of amides is 2. The number of nitrogens with zero attached hydrogens (tertiary/aromatic N) is 2. The standard InChI is InChI=1S/C17H20N2O4/c20-15-12-6-1-2-7-13(12)16(21)19(15)11-4-3-9-18-10-5-8-14(18)17(22)23/h1-2,6-7,14H,3-5,8-11H2,(H,22,23)/t14-/m0/s1. The van der Waals surface area contributed by atoms with E-state index in [-0.39, 0.29) is 17.9 Å². The Morgan fingerprint density at radius 2 is 1.70 bits per heavy atom. The Balaban J connectivity index is 1.50. The monoisotopic (exact) mass is 316 g/mol. The number of imide groups is 1. The minimum Gasteiger partial charge on any atom is -0.480 e. The van der Waals surface area contributed by atoms with Gasteiger partial charge < -0.3 is 5.11 Å². The van der Waals surface area contributed by atoms with Crippen LogP contribution in [-0.4, -0.2) is 58.4 Å². The smallest absolute Gasteiger partial charge is 0.320 e. The second kappa shape index (κ2) is 6.50. The van der Waals surface area contributed by atoms with Crippen molar-refractivity contribution in [2.45, 2.75) is 31.7 Å². The first-order chi connectivity index (χ1) is 11.1. The van der Waals surface area contributed by atoms with Crippen LogP contribution in [0, 0.1) is 0 Å². The van der Waals surface area contributed by atoms with E-state index in [1.54, 1.807) is 24.3 Å². The summed E-state index contributed by atoms with van der Waals surface area (Å²) in [6.45, 7) is 1.89. The van der Waals surface area contributed by atoms with Gasteiger partial charge in [-0.1, -0.05) is 12.1 Å². The average Bonchev–Trinajstić information content (AvgIpc) is 3.10. The van der Waals surface area contributed by atoms with E-state index in [9.17, 15) is 14.4 Å². The van der Waals surface area contributed by atoms with Gasteiger partial charge in [0, 0.05) is 6.54 Å². The van der Waals surface area contributed by atoms with E-state index in [1.807, 2.05) is 4.90 Å². The van der Waals surface area contributed by atoms with Crippen molar-refractivity contribution in [1.29, 1.82) is 0 Å². The van der Waals surface area contributed by atoms with E-state index >= 15 is 0 Å². The molecule has 1 aromatic rings. The molecule has 1 aromatic carbocycles. The molecule has 0 saturated carbocycles. The van der Waals surface area contributed by atoms with Gasteiger partial charge in [0.1, 0.15) is 6.04 Å². The van der Waals surface area contributed by atoms with E-state index in [4.69, 9.17) is 5.11 Å². The number of carboxylic acid groups (broad SMARTS) is 1. The number of carboxylic acids is 1. The molecule has 0 aromatic heterocycles. The SMILES string of the molecule is O=C(O)[C@@H]1CCCN1CCCCN1C(=O)c2ccccc2C1=O. The lowest BCUT2D eigenvalue weighted by Gasteiger charge is -2.21. The average molecular weight is 316 g/mol. The molecule has 0 bridgehead atoms. The first kappa shape index (κ1) is 15.7. The fraction of sp³-hybridized carbons (Fsp3) is 0.471. The summed E-state index contributed by atoms with van der Waals surface area (Å²) in [5, 5.41) is 9.14. The molecular formula is C17H20N2O4. The maximum Gasteiger partial charge on any atom is 0.320 e. The molecular weight excluding hydrogens is 296 g/mol. The number of carbonyl (C=O) groups excluding carboxylic acids is 2. The van der Waals surface area contributed by atoms with Crippen LogP contribution in [0.1, 0.15) is 46.4 Å². The molecule has 2 aliphatic rings. The number of likely N-dealkylation sites (tertiary alicyclic amines) is 1. The van der Waals surface area contributed by atoms with Crippen molar-refractivity contribution in [2.24, 2.45) is 0 Å². The van der Waals surface area contributed by atoms with Crippen LogP contribution in [-0.2, 0) is 4.79 Å². The third kappa shape index (κ3) is 2.99. The van der Waals surface area contributed by atoms with Crippen molar-refractivity contribution in [1.82, 2.24) is 9.80 Å². The number of benzene rings is 1. The maximum absolute atomic E-state index is 12.2. The van der Waals surface area contributed by atoms with Crippen LogP contribution in [0.25, 0.3) is 0 Å². The Morgan fingerprint density at radius 1 is 1.09 bits per heavy atom. The van der Waals surface area contributed by atoms with Gasteiger partial charge in [0.15, 0.2) is 0 Å². The van der Waals surface area contributed by atoms with Crippen molar-refractivity contribution in [3.8, 4) is 0 Å². The van der Waals surface area contributed by atoms with Crippen molar-refractivity contribution in [3.05, 3.63) is 35.4 Å². The van der Waals surface area contributed by atoms with Crippen molar-refractivity contribution in [2.75, 3.05) is 19.6 Å². The van der Waals surface area contributed by atoms with Gasteiger partial charge in [-0.25, -0.2) is 0 Å². The molecule has 2 heterocycles. The summed E-state index contributed by atoms with van der Waals surface area (Å²) in [7, 11) is 0. The topological polar surface area (TPSA) is 77.9 Å². The van der Waals surface area contributed by atoms with Gasteiger partial charge in [0.05, 0.1) is 11.1 Å². The highest BCUT2D eigenvalue weighted by Gasteiger charge is 2.34. The van der Waals surface area contributed by atoms with E-state index < -0.39 is 5.97 Å². The molecule has 0 spiro atoms. The Labute approximate surface area is 134 Å². The maximum atomic E-state index is 12.2. The number of fused-ring (bicyclic) bond motifs is 1. The Kier molecular flexibility index (Phi) is 4.43. The Bertz CT molecular complexity index is 608. The van der Waals surface area contributed by atoms with Crippen molar-refractivity contribution in [3.63, 3.8) is 0 Å². The zero-order valence-electron chi connectivity index (χ0n) is 12.9. The lowest BCUT2D eigenvalue weighted by atomic mass is 10.1. The highest BCUT2D eigenvalue weighted by atomic mass is 16.4. The molecule has 1 saturated heterocycles. The third-order valence-electron chi connectivity index (χ3n) is 4.60. The van der Waals surface area contributed by atoms with E-state index in [0.717, 1.165) is 19.4 Å². The van der Waals surface area contributed by atoms with Gasteiger partial charge >= 0.3 is 5.97 Å². The lowest BCUT2D eigenvalue weighted by Crippen LogP contribution is -2.37. The summed E-state index contributed by atoms with van der Waals surface area (Å²) in [6, 6.07) is 6.49. The number of hydrogen-bond acceptors (Lipinski definition) is 4. The summed E-state index contributed by atoms with van der Waals surface area (Å²) >= 11 is 0. The summed E-state index contributed by atoms with van der Waals surface area (Å²) in [6.07, 6.45) is 3.08. The van der Waals surface area contributed by atoms with Gasteiger partial charge in [0.2, 0.25) is 0 Å². The number of rotatable bonds is 6. The predicted molar refractivity (Wildman–Crippen MR) is 83.3 cm³/mol. The molecule has 23 heavy (non-hydrogen) atoms. The zero-order chi connectivity index (χ0) is 16.4. The van der Waals surface area contributed by atoms with Crippen molar-refractivity contribution < 1.29 is 19.5 Å². The lowest BCUT2D eigenvalue weighted by molar-refractivity contribution is -0.142. The van der Waals surface area contributed by atoms with Crippen LogP contribution < -0.4 is 0 Å². The fourth-order valence-electron chi connectivity index (χ4n) is 3.40. The first-order valence-corrected chi connectivity index (χ1v) is 8.01. The van der Waals surface area contributed by atoms with Gasteiger partial charge in [0.25, 0.3) is 11.8 Å². The second-order valence-electron chi connectivity index (χ2n) is 6.05. The normalized spacial score (nSPS) is 21.0. The van der Waals surface area contributed by atoms with Gasteiger partial charge in [-0.05, 0) is 50.9 Å². The van der Waals surface area contributed by atoms with Crippen LogP contribution in [0.3, 0.4) is 0 Å². The Morgan fingerprint density at radius 3 is 2.30 bits per heavy atom.